The first-order valence-corrected chi connectivity index (χ1v) is 12.2. The molecule has 2 heterocycles. The zero-order chi connectivity index (χ0) is 21.6. The fraction of sp³-hybridized carbons (Fsp3) is 0.333. The second-order valence-corrected chi connectivity index (χ2v) is 10.0. The molecule has 0 bridgehead atoms. The standard InChI is InChI=1S/C18H19F2N3O4S3/c19-18(20)29-15-4-2-1-3-14(15)22-16(24)12-28-17-6-5-13(11-21-17)30(25,26)23-7-9-27-10-8-23/h1-6,11,18H,7-10,12H2,(H,22,24). The SMILES string of the molecule is O=C(CSc1ccc(S(=O)(=O)N2CCOCC2)cn1)Nc1ccccc1SC(F)F. The third-order valence-corrected chi connectivity index (χ3v) is 7.66. The van der Waals surface area contributed by atoms with Crippen LogP contribution in [0.4, 0.5) is 14.5 Å². The summed E-state index contributed by atoms with van der Waals surface area (Å²) in [6.07, 6.45) is 1.26. The van der Waals surface area contributed by atoms with E-state index in [0.717, 1.165) is 11.8 Å². The van der Waals surface area contributed by atoms with Gasteiger partial charge in [-0.25, -0.2) is 13.4 Å². The van der Waals surface area contributed by atoms with Gasteiger partial charge in [0.25, 0.3) is 5.76 Å². The van der Waals surface area contributed by atoms with Crippen molar-refractivity contribution in [2.75, 3.05) is 37.4 Å². The fourth-order valence-corrected chi connectivity index (χ4v) is 5.23. The molecular formula is C18H19F2N3O4S3. The van der Waals surface area contributed by atoms with Crippen molar-refractivity contribution < 1.29 is 26.7 Å². The molecule has 0 spiro atoms. The van der Waals surface area contributed by atoms with Crippen molar-refractivity contribution in [2.24, 2.45) is 0 Å². The van der Waals surface area contributed by atoms with E-state index in [2.05, 4.69) is 10.3 Å². The Morgan fingerprint density at radius 3 is 2.60 bits per heavy atom. The minimum atomic E-state index is -3.63. The number of pyridine rings is 1. The number of alkyl halides is 2. The van der Waals surface area contributed by atoms with Crippen LogP contribution in [0.3, 0.4) is 0 Å². The van der Waals surface area contributed by atoms with Gasteiger partial charge in [0.1, 0.15) is 4.90 Å². The maximum Gasteiger partial charge on any atom is 0.288 e. The highest BCUT2D eigenvalue weighted by Gasteiger charge is 2.26. The third-order valence-electron chi connectivity index (χ3n) is 4.05. The lowest BCUT2D eigenvalue weighted by molar-refractivity contribution is -0.113. The second kappa shape index (κ2) is 10.5. The Hall–Kier alpha value is -1.73. The highest BCUT2D eigenvalue weighted by molar-refractivity contribution is 8.00. The van der Waals surface area contributed by atoms with Gasteiger partial charge in [0.2, 0.25) is 15.9 Å². The van der Waals surface area contributed by atoms with Gasteiger partial charge in [-0.2, -0.15) is 13.1 Å². The molecular weight excluding hydrogens is 456 g/mol. The van der Waals surface area contributed by atoms with Crippen molar-refractivity contribution >= 4 is 45.1 Å². The maximum absolute atomic E-state index is 12.6. The molecule has 0 saturated carbocycles. The van der Waals surface area contributed by atoms with Gasteiger partial charge in [-0.15, -0.1) is 0 Å². The van der Waals surface area contributed by atoms with E-state index in [1.165, 1.54) is 28.7 Å². The maximum atomic E-state index is 12.6. The number of hydrogen-bond donors (Lipinski definition) is 1. The molecule has 1 aliphatic rings. The summed E-state index contributed by atoms with van der Waals surface area (Å²) < 4.78 is 56.9. The van der Waals surface area contributed by atoms with Crippen molar-refractivity contribution in [3.63, 3.8) is 0 Å². The lowest BCUT2D eigenvalue weighted by atomic mass is 10.3. The molecule has 30 heavy (non-hydrogen) atoms. The van der Waals surface area contributed by atoms with Crippen LogP contribution in [0.2, 0.25) is 0 Å². The van der Waals surface area contributed by atoms with Crippen molar-refractivity contribution in [2.45, 2.75) is 20.6 Å². The van der Waals surface area contributed by atoms with Crippen LogP contribution in [0.25, 0.3) is 0 Å². The van der Waals surface area contributed by atoms with E-state index in [4.69, 9.17) is 4.74 Å². The lowest BCUT2D eigenvalue weighted by Crippen LogP contribution is -2.40. The highest BCUT2D eigenvalue weighted by atomic mass is 32.2. The number of amides is 1. The Labute approximate surface area is 181 Å². The largest absolute Gasteiger partial charge is 0.379 e. The average molecular weight is 476 g/mol. The molecule has 0 atom stereocenters. The minimum absolute atomic E-state index is 0.00373. The molecule has 0 aliphatic carbocycles. The molecule has 0 unspecified atom stereocenters. The van der Waals surface area contributed by atoms with Gasteiger partial charge < -0.3 is 10.1 Å². The molecule has 1 aliphatic heterocycles. The highest BCUT2D eigenvalue weighted by Crippen LogP contribution is 2.31. The molecule has 1 N–H and O–H groups in total. The topological polar surface area (TPSA) is 88.6 Å². The number of carbonyl (C=O) groups is 1. The normalized spacial score (nSPS) is 15.3. The molecule has 1 saturated heterocycles. The number of nitrogens with one attached hydrogen (secondary N) is 1. The number of anilines is 1. The number of carbonyl (C=O) groups excluding carboxylic acids is 1. The van der Waals surface area contributed by atoms with Gasteiger partial charge in [0.05, 0.1) is 29.7 Å². The molecule has 1 fully saturated rings. The van der Waals surface area contributed by atoms with Gasteiger partial charge in [-0.05, 0) is 24.3 Å². The van der Waals surface area contributed by atoms with Crippen LogP contribution in [0, 0.1) is 0 Å². The summed E-state index contributed by atoms with van der Waals surface area (Å²) in [5.41, 5.74) is 0.313. The Morgan fingerprint density at radius 1 is 1.20 bits per heavy atom. The molecule has 2 aromatic rings. The van der Waals surface area contributed by atoms with E-state index >= 15 is 0 Å². The van der Waals surface area contributed by atoms with E-state index in [-0.39, 0.29) is 21.5 Å². The number of rotatable bonds is 8. The van der Waals surface area contributed by atoms with Crippen molar-refractivity contribution in [3.05, 3.63) is 42.6 Å². The monoisotopic (exact) mass is 475 g/mol. The van der Waals surface area contributed by atoms with Crippen LogP contribution in [-0.4, -0.2) is 61.4 Å². The van der Waals surface area contributed by atoms with Gasteiger partial charge in [-0.1, -0.05) is 35.7 Å². The minimum Gasteiger partial charge on any atom is -0.379 e. The van der Waals surface area contributed by atoms with Gasteiger partial charge in [-0.3, -0.25) is 4.79 Å². The summed E-state index contributed by atoms with van der Waals surface area (Å²) in [7, 11) is -3.63. The molecule has 1 amide bonds. The van der Waals surface area contributed by atoms with Crippen LogP contribution < -0.4 is 5.32 Å². The van der Waals surface area contributed by atoms with Crippen LogP contribution >= 0.6 is 23.5 Å². The van der Waals surface area contributed by atoms with Crippen LogP contribution in [-0.2, 0) is 19.6 Å². The number of hydrogen-bond acceptors (Lipinski definition) is 7. The number of ether oxygens (including phenoxy) is 1. The Kier molecular flexibility index (Phi) is 8.06. The molecule has 0 radical (unpaired) electrons. The third kappa shape index (κ3) is 6.14. The van der Waals surface area contributed by atoms with Crippen LogP contribution in [0.1, 0.15) is 0 Å². The van der Waals surface area contributed by atoms with Gasteiger partial charge in [0.15, 0.2) is 0 Å². The number of aromatic nitrogens is 1. The average Bonchev–Trinajstić information content (AvgIpc) is 2.74. The zero-order valence-corrected chi connectivity index (χ0v) is 18.1. The van der Waals surface area contributed by atoms with E-state index < -0.39 is 15.8 Å². The van der Waals surface area contributed by atoms with Crippen LogP contribution in [0.5, 0.6) is 0 Å². The number of sulfonamides is 1. The van der Waals surface area contributed by atoms with Crippen LogP contribution in [0.15, 0.2) is 57.4 Å². The van der Waals surface area contributed by atoms with E-state index in [1.807, 2.05) is 0 Å². The summed E-state index contributed by atoms with van der Waals surface area (Å²) in [6.45, 7) is 1.30. The summed E-state index contributed by atoms with van der Waals surface area (Å²) >= 11 is 1.48. The van der Waals surface area contributed by atoms with E-state index in [0.29, 0.717) is 48.8 Å². The number of para-hydroxylation sites is 1. The van der Waals surface area contributed by atoms with E-state index in [9.17, 15) is 22.0 Å². The summed E-state index contributed by atoms with van der Waals surface area (Å²) in [4.78, 5) is 16.7. The van der Waals surface area contributed by atoms with Crippen molar-refractivity contribution in [3.8, 4) is 0 Å². The first-order valence-electron chi connectivity index (χ1n) is 8.87. The first-order chi connectivity index (χ1) is 14.4. The summed E-state index contributed by atoms with van der Waals surface area (Å²) in [5, 5.41) is 3.08. The number of halogens is 2. The Morgan fingerprint density at radius 2 is 1.93 bits per heavy atom. The molecule has 7 nitrogen and oxygen atoms in total. The second-order valence-electron chi connectivity index (χ2n) is 6.06. The predicted molar refractivity (Wildman–Crippen MR) is 111 cm³/mol. The zero-order valence-electron chi connectivity index (χ0n) is 15.7. The predicted octanol–water partition coefficient (Wildman–Crippen LogP) is 3.15. The first kappa shape index (κ1) is 22.9. The van der Waals surface area contributed by atoms with Gasteiger partial charge >= 0.3 is 0 Å². The number of benzene rings is 1. The summed E-state index contributed by atoms with van der Waals surface area (Å²) in [6, 6.07) is 9.31. The number of nitrogens with zero attached hydrogens (tertiary/aromatic N) is 2. The summed E-state index contributed by atoms with van der Waals surface area (Å²) in [5.74, 6) is -2.97. The van der Waals surface area contributed by atoms with Crippen molar-refractivity contribution in [1.29, 1.82) is 0 Å². The van der Waals surface area contributed by atoms with E-state index in [1.54, 1.807) is 18.2 Å². The number of morpholine rings is 1. The Balaban J connectivity index is 1.57. The lowest BCUT2D eigenvalue weighted by Gasteiger charge is -2.25. The Bertz CT molecular complexity index is 969. The van der Waals surface area contributed by atoms with Crippen molar-refractivity contribution in [1.82, 2.24) is 9.29 Å². The molecule has 1 aromatic carbocycles. The number of thioether (sulfide) groups is 2. The quantitative estimate of drug-likeness (QED) is 0.587. The fourth-order valence-electron chi connectivity index (χ4n) is 2.64. The smallest absolute Gasteiger partial charge is 0.288 e. The molecule has 1 aromatic heterocycles. The molecule has 3 rings (SSSR count). The molecule has 162 valence electrons. The molecule has 12 heteroatoms. The van der Waals surface area contributed by atoms with Gasteiger partial charge in [0, 0.05) is 24.2 Å².